The van der Waals surface area contributed by atoms with E-state index in [1.165, 1.54) is 25.7 Å². The number of urea groups is 1. The molecule has 6 nitrogen and oxygen atoms in total. The third-order valence-corrected chi connectivity index (χ3v) is 6.79. The molecule has 2 amide bonds. The highest BCUT2D eigenvalue weighted by Gasteiger charge is 2.52. The van der Waals surface area contributed by atoms with Crippen molar-refractivity contribution in [3.8, 4) is 0 Å². The maximum atomic E-state index is 12.9. The SMILES string of the molecule is O=C(NCC1CC2(CC2)C1)N(CCCCCc1noc(C(F)(F)F)n1)c1cccc(Br)c1. The van der Waals surface area contributed by atoms with Gasteiger partial charge in [0, 0.05) is 29.7 Å². The second-order valence-electron chi connectivity index (χ2n) is 8.92. The smallest absolute Gasteiger partial charge is 0.337 e. The van der Waals surface area contributed by atoms with Crippen molar-refractivity contribution in [1.82, 2.24) is 15.5 Å². The van der Waals surface area contributed by atoms with Crippen LogP contribution in [0.3, 0.4) is 0 Å². The second-order valence-corrected chi connectivity index (χ2v) is 9.83. The molecule has 2 fully saturated rings. The van der Waals surface area contributed by atoms with Crippen molar-refractivity contribution in [3.63, 3.8) is 0 Å². The van der Waals surface area contributed by atoms with Crippen LogP contribution in [0, 0.1) is 11.3 Å². The molecule has 4 rings (SSSR count). The van der Waals surface area contributed by atoms with Crippen molar-refractivity contribution in [2.45, 2.75) is 57.5 Å². The lowest BCUT2D eigenvalue weighted by Crippen LogP contribution is -2.44. The molecule has 2 saturated carbocycles. The van der Waals surface area contributed by atoms with Crippen molar-refractivity contribution in [1.29, 1.82) is 0 Å². The number of alkyl halides is 3. The highest BCUT2D eigenvalue weighted by Crippen LogP contribution is 2.63. The summed E-state index contributed by atoms with van der Waals surface area (Å²) in [6, 6.07) is 7.47. The van der Waals surface area contributed by atoms with Crippen molar-refractivity contribution in [3.05, 3.63) is 40.5 Å². The number of halogens is 4. The molecule has 32 heavy (non-hydrogen) atoms. The lowest BCUT2D eigenvalue weighted by Gasteiger charge is -2.36. The zero-order valence-electron chi connectivity index (χ0n) is 17.6. The summed E-state index contributed by atoms with van der Waals surface area (Å²) in [6.07, 6.45) is 2.82. The van der Waals surface area contributed by atoms with E-state index in [1.54, 1.807) is 4.90 Å². The Bertz CT molecular complexity index is 937. The van der Waals surface area contributed by atoms with E-state index in [2.05, 4.69) is 35.9 Å². The van der Waals surface area contributed by atoms with E-state index >= 15 is 0 Å². The maximum Gasteiger partial charge on any atom is 0.471 e. The van der Waals surface area contributed by atoms with E-state index in [4.69, 9.17) is 0 Å². The molecule has 0 unspecified atom stereocenters. The molecular weight excluding hydrogens is 489 g/mol. The fraction of sp³-hybridized carbons (Fsp3) is 0.591. The fourth-order valence-electron chi connectivity index (χ4n) is 4.41. The van der Waals surface area contributed by atoms with Crippen molar-refractivity contribution < 1.29 is 22.5 Å². The number of nitrogens with zero attached hydrogens (tertiary/aromatic N) is 3. The molecule has 2 aromatic rings. The van der Waals surface area contributed by atoms with Crippen molar-refractivity contribution in [2.24, 2.45) is 11.3 Å². The van der Waals surface area contributed by atoms with Crippen LogP contribution < -0.4 is 10.2 Å². The number of benzene rings is 1. The number of anilines is 1. The van der Waals surface area contributed by atoms with Crippen LogP contribution in [0.15, 0.2) is 33.3 Å². The number of carbonyl (C=O) groups excluding carboxylic acids is 1. The van der Waals surface area contributed by atoms with Gasteiger partial charge in [-0.25, -0.2) is 4.79 Å². The Morgan fingerprint density at radius 2 is 2.03 bits per heavy atom. The van der Waals surface area contributed by atoms with Crippen LogP contribution in [0.4, 0.5) is 23.7 Å². The number of rotatable bonds is 9. The van der Waals surface area contributed by atoms with Crippen LogP contribution in [0.1, 0.15) is 56.7 Å². The van der Waals surface area contributed by atoms with E-state index in [1.807, 2.05) is 24.3 Å². The Labute approximate surface area is 193 Å². The topological polar surface area (TPSA) is 71.3 Å². The molecule has 0 aliphatic heterocycles. The quantitative estimate of drug-likeness (QED) is 0.418. The minimum Gasteiger partial charge on any atom is -0.337 e. The van der Waals surface area contributed by atoms with E-state index < -0.39 is 12.1 Å². The van der Waals surface area contributed by atoms with Gasteiger partial charge in [0.25, 0.3) is 0 Å². The van der Waals surface area contributed by atoms with Gasteiger partial charge in [0.1, 0.15) is 0 Å². The summed E-state index contributed by atoms with van der Waals surface area (Å²) in [7, 11) is 0. The highest BCUT2D eigenvalue weighted by molar-refractivity contribution is 9.10. The summed E-state index contributed by atoms with van der Waals surface area (Å²) in [5, 5.41) is 6.47. The molecule has 1 aromatic carbocycles. The summed E-state index contributed by atoms with van der Waals surface area (Å²) in [5.74, 6) is -0.695. The summed E-state index contributed by atoms with van der Waals surface area (Å²) in [6.45, 7) is 1.21. The number of hydrogen-bond donors (Lipinski definition) is 1. The van der Waals surface area contributed by atoms with Crippen LogP contribution in [-0.2, 0) is 12.6 Å². The van der Waals surface area contributed by atoms with Crippen LogP contribution in [0.2, 0.25) is 0 Å². The van der Waals surface area contributed by atoms with Gasteiger partial charge < -0.3 is 9.84 Å². The van der Waals surface area contributed by atoms with Crippen molar-refractivity contribution >= 4 is 27.6 Å². The molecule has 10 heteroatoms. The minimum absolute atomic E-state index is 0.0489. The Morgan fingerprint density at radius 1 is 1.25 bits per heavy atom. The first kappa shape index (κ1) is 23.1. The van der Waals surface area contributed by atoms with Gasteiger partial charge in [-0.05, 0) is 68.1 Å². The lowest BCUT2D eigenvalue weighted by molar-refractivity contribution is -0.159. The molecule has 174 valence electrons. The van der Waals surface area contributed by atoms with Gasteiger partial charge in [0.15, 0.2) is 5.82 Å². The molecule has 2 aliphatic carbocycles. The Hall–Kier alpha value is -2.10. The number of hydrogen-bond acceptors (Lipinski definition) is 4. The van der Waals surface area contributed by atoms with E-state index in [-0.39, 0.29) is 11.9 Å². The first-order chi connectivity index (χ1) is 15.2. The van der Waals surface area contributed by atoms with E-state index in [0.29, 0.717) is 43.7 Å². The van der Waals surface area contributed by atoms with Gasteiger partial charge in [-0.1, -0.05) is 33.6 Å². The Kier molecular flexibility index (Phi) is 6.78. The number of carbonyl (C=O) groups is 1. The molecule has 1 N–H and O–H groups in total. The minimum atomic E-state index is -4.62. The molecule has 0 saturated heterocycles. The second kappa shape index (κ2) is 9.41. The standard InChI is InChI=1S/C22H26BrF3N4O2/c23-16-5-4-6-17(11-16)30(20(31)27-14-15-12-21(13-15)8-9-21)10-3-1-2-7-18-28-19(32-29-18)22(24,25)26/h4-6,11,15H,1-3,7-10,12-14H2,(H,27,31). The first-order valence-corrected chi connectivity index (χ1v) is 11.7. The van der Waals surface area contributed by atoms with Crippen LogP contribution in [0.25, 0.3) is 0 Å². The lowest BCUT2D eigenvalue weighted by atomic mass is 9.72. The van der Waals surface area contributed by atoms with Gasteiger partial charge in [-0.2, -0.15) is 18.2 Å². The molecule has 1 heterocycles. The molecular formula is C22H26BrF3N4O2. The summed E-state index contributed by atoms with van der Waals surface area (Å²) >= 11 is 3.46. The number of unbranched alkanes of at least 4 members (excludes halogenated alkanes) is 2. The molecule has 1 spiro atoms. The average molecular weight is 515 g/mol. The molecule has 1 aromatic heterocycles. The summed E-state index contributed by atoms with van der Waals surface area (Å²) in [5.41, 5.74) is 1.41. The van der Waals surface area contributed by atoms with Gasteiger partial charge in [0.05, 0.1) is 0 Å². The zero-order valence-corrected chi connectivity index (χ0v) is 19.2. The molecule has 0 atom stereocenters. The Morgan fingerprint density at radius 3 is 2.69 bits per heavy atom. The van der Waals surface area contributed by atoms with Crippen LogP contribution in [-0.4, -0.2) is 29.3 Å². The fourth-order valence-corrected chi connectivity index (χ4v) is 4.80. The van der Waals surface area contributed by atoms with E-state index in [0.717, 1.165) is 16.6 Å². The van der Waals surface area contributed by atoms with Gasteiger partial charge in [-0.3, -0.25) is 4.90 Å². The average Bonchev–Trinajstić information content (AvgIpc) is 3.36. The monoisotopic (exact) mass is 514 g/mol. The zero-order chi connectivity index (χ0) is 22.8. The summed E-state index contributed by atoms with van der Waals surface area (Å²) < 4.78 is 42.7. The number of nitrogens with one attached hydrogen (secondary N) is 1. The molecule has 0 bridgehead atoms. The summed E-state index contributed by atoms with van der Waals surface area (Å²) in [4.78, 5) is 18.0. The predicted octanol–water partition coefficient (Wildman–Crippen LogP) is 5.97. The number of aromatic nitrogens is 2. The van der Waals surface area contributed by atoms with Gasteiger partial charge in [0.2, 0.25) is 0 Å². The third-order valence-electron chi connectivity index (χ3n) is 6.30. The molecule has 2 aliphatic rings. The first-order valence-electron chi connectivity index (χ1n) is 10.9. The van der Waals surface area contributed by atoms with E-state index in [9.17, 15) is 18.0 Å². The van der Waals surface area contributed by atoms with Gasteiger partial charge >= 0.3 is 18.1 Å². The van der Waals surface area contributed by atoms with Gasteiger partial charge in [-0.15, -0.1) is 0 Å². The largest absolute Gasteiger partial charge is 0.471 e. The van der Waals surface area contributed by atoms with Crippen LogP contribution in [0.5, 0.6) is 0 Å². The third kappa shape index (κ3) is 5.82. The predicted molar refractivity (Wildman–Crippen MR) is 116 cm³/mol. The van der Waals surface area contributed by atoms with Crippen LogP contribution >= 0.6 is 15.9 Å². The Balaban J connectivity index is 1.25. The number of amides is 2. The molecule has 0 radical (unpaired) electrons. The normalized spacial score (nSPS) is 17.2. The highest BCUT2D eigenvalue weighted by atomic mass is 79.9. The van der Waals surface area contributed by atoms with Crippen molar-refractivity contribution in [2.75, 3.05) is 18.0 Å². The number of aryl methyl sites for hydroxylation is 1. The maximum absolute atomic E-state index is 12.9.